The maximum absolute atomic E-state index is 12.5. The SMILES string of the molecule is CCC(C)NC(=O)C(C)(C)C(=O)Nc1cc(Cl)ccc1OC. The lowest BCUT2D eigenvalue weighted by Crippen LogP contribution is -2.47. The first-order valence-corrected chi connectivity index (χ1v) is 7.56. The topological polar surface area (TPSA) is 67.4 Å². The van der Waals surface area contributed by atoms with Gasteiger partial charge in [-0.3, -0.25) is 9.59 Å². The average Bonchev–Trinajstić information content (AvgIpc) is 2.47. The summed E-state index contributed by atoms with van der Waals surface area (Å²) in [6.45, 7) is 7.02. The van der Waals surface area contributed by atoms with E-state index in [1.165, 1.54) is 7.11 Å². The Morgan fingerprint density at radius 3 is 2.50 bits per heavy atom. The van der Waals surface area contributed by atoms with Gasteiger partial charge >= 0.3 is 0 Å². The molecule has 6 heteroatoms. The van der Waals surface area contributed by atoms with E-state index < -0.39 is 11.3 Å². The Hall–Kier alpha value is -1.75. The number of methoxy groups -OCH3 is 1. The van der Waals surface area contributed by atoms with E-state index in [9.17, 15) is 9.59 Å². The van der Waals surface area contributed by atoms with E-state index in [4.69, 9.17) is 16.3 Å². The van der Waals surface area contributed by atoms with Gasteiger partial charge in [0.25, 0.3) is 0 Å². The molecule has 1 atom stereocenters. The van der Waals surface area contributed by atoms with Gasteiger partial charge in [0.15, 0.2) is 0 Å². The zero-order valence-electron chi connectivity index (χ0n) is 13.6. The molecule has 0 saturated carbocycles. The van der Waals surface area contributed by atoms with Gasteiger partial charge in [0, 0.05) is 11.1 Å². The third kappa shape index (κ3) is 4.37. The summed E-state index contributed by atoms with van der Waals surface area (Å²) in [7, 11) is 1.50. The molecule has 0 saturated heterocycles. The van der Waals surface area contributed by atoms with Crippen LogP contribution in [0.1, 0.15) is 34.1 Å². The minimum atomic E-state index is -1.21. The molecule has 0 heterocycles. The van der Waals surface area contributed by atoms with Gasteiger partial charge in [-0.2, -0.15) is 0 Å². The number of carbonyl (C=O) groups is 2. The highest BCUT2D eigenvalue weighted by atomic mass is 35.5. The molecule has 0 fully saturated rings. The summed E-state index contributed by atoms with van der Waals surface area (Å²) in [6, 6.07) is 4.92. The molecule has 2 amide bonds. The number of rotatable bonds is 6. The summed E-state index contributed by atoms with van der Waals surface area (Å²) >= 11 is 5.94. The number of halogens is 1. The van der Waals surface area contributed by atoms with Gasteiger partial charge in [0.05, 0.1) is 12.8 Å². The molecule has 2 N–H and O–H groups in total. The number of amides is 2. The first-order valence-electron chi connectivity index (χ1n) is 7.18. The molecule has 0 aromatic heterocycles. The molecule has 0 bridgehead atoms. The van der Waals surface area contributed by atoms with Gasteiger partial charge in [-0.05, 0) is 45.4 Å². The van der Waals surface area contributed by atoms with Crippen LogP contribution in [-0.4, -0.2) is 25.0 Å². The molecular weight excluding hydrogens is 304 g/mol. The van der Waals surface area contributed by atoms with E-state index in [-0.39, 0.29) is 11.9 Å². The van der Waals surface area contributed by atoms with Crippen molar-refractivity contribution in [1.82, 2.24) is 5.32 Å². The van der Waals surface area contributed by atoms with Crippen LogP contribution in [0.4, 0.5) is 5.69 Å². The number of carbonyl (C=O) groups excluding carboxylic acids is 2. The lowest BCUT2D eigenvalue weighted by Gasteiger charge is -2.25. The first kappa shape index (κ1) is 18.3. The predicted molar refractivity (Wildman–Crippen MR) is 88.3 cm³/mol. The van der Waals surface area contributed by atoms with Crippen LogP contribution in [0.5, 0.6) is 5.75 Å². The van der Waals surface area contributed by atoms with Crippen molar-refractivity contribution in [2.45, 2.75) is 40.2 Å². The van der Waals surface area contributed by atoms with Gasteiger partial charge in [0.2, 0.25) is 11.8 Å². The monoisotopic (exact) mass is 326 g/mol. The minimum Gasteiger partial charge on any atom is -0.495 e. The van der Waals surface area contributed by atoms with E-state index in [0.717, 1.165) is 6.42 Å². The quantitative estimate of drug-likeness (QED) is 0.789. The summed E-state index contributed by atoms with van der Waals surface area (Å²) in [4.78, 5) is 24.7. The van der Waals surface area contributed by atoms with Crippen molar-refractivity contribution in [3.05, 3.63) is 23.2 Å². The van der Waals surface area contributed by atoms with Crippen LogP contribution >= 0.6 is 11.6 Å². The number of hydrogen-bond donors (Lipinski definition) is 2. The molecule has 22 heavy (non-hydrogen) atoms. The van der Waals surface area contributed by atoms with Crippen LogP contribution in [0.25, 0.3) is 0 Å². The normalized spacial score (nSPS) is 12.5. The lowest BCUT2D eigenvalue weighted by molar-refractivity contribution is -0.138. The van der Waals surface area contributed by atoms with Gasteiger partial charge < -0.3 is 15.4 Å². The van der Waals surface area contributed by atoms with Crippen molar-refractivity contribution in [2.24, 2.45) is 5.41 Å². The molecule has 0 radical (unpaired) electrons. The van der Waals surface area contributed by atoms with Gasteiger partial charge in [0.1, 0.15) is 11.2 Å². The van der Waals surface area contributed by atoms with Crippen molar-refractivity contribution in [1.29, 1.82) is 0 Å². The van der Waals surface area contributed by atoms with Crippen molar-refractivity contribution in [2.75, 3.05) is 12.4 Å². The second-order valence-electron chi connectivity index (χ2n) is 5.71. The van der Waals surface area contributed by atoms with Crippen LogP contribution < -0.4 is 15.4 Å². The Kier molecular flexibility index (Phi) is 6.23. The standard InChI is InChI=1S/C16H23ClN2O3/c1-6-10(2)18-14(20)16(3,4)15(21)19-12-9-11(17)7-8-13(12)22-5/h7-10H,6H2,1-5H3,(H,18,20)(H,19,21). The molecule has 5 nitrogen and oxygen atoms in total. The van der Waals surface area contributed by atoms with Gasteiger partial charge in [-0.15, -0.1) is 0 Å². The Morgan fingerprint density at radius 1 is 1.32 bits per heavy atom. The van der Waals surface area contributed by atoms with Crippen molar-refractivity contribution >= 4 is 29.1 Å². The maximum Gasteiger partial charge on any atom is 0.239 e. The highest BCUT2D eigenvalue weighted by Crippen LogP contribution is 2.29. The van der Waals surface area contributed by atoms with E-state index >= 15 is 0 Å². The Bertz CT molecular complexity index is 558. The third-order valence-electron chi connectivity index (χ3n) is 3.53. The maximum atomic E-state index is 12.5. The van der Waals surface area contributed by atoms with Crippen LogP contribution in [-0.2, 0) is 9.59 Å². The summed E-state index contributed by atoms with van der Waals surface area (Å²) < 4.78 is 5.18. The van der Waals surface area contributed by atoms with E-state index in [2.05, 4.69) is 10.6 Å². The predicted octanol–water partition coefficient (Wildman–Crippen LogP) is 3.23. The number of hydrogen-bond acceptors (Lipinski definition) is 3. The highest BCUT2D eigenvalue weighted by Gasteiger charge is 2.36. The zero-order valence-corrected chi connectivity index (χ0v) is 14.4. The van der Waals surface area contributed by atoms with E-state index in [1.807, 2.05) is 13.8 Å². The molecule has 1 rings (SSSR count). The fourth-order valence-electron chi connectivity index (χ4n) is 1.67. The smallest absolute Gasteiger partial charge is 0.239 e. The van der Waals surface area contributed by atoms with Gasteiger partial charge in [-0.25, -0.2) is 0 Å². The molecule has 1 unspecified atom stereocenters. The largest absolute Gasteiger partial charge is 0.495 e. The summed E-state index contributed by atoms with van der Waals surface area (Å²) in [5.41, 5.74) is -0.777. The number of nitrogens with one attached hydrogen (secondary N) is 2. The van der Waals surface area contributed by atoms with Crippen LogP contribution in [0.2, 0.25) is 5.02 Å². The molecule has 0 aliphatic rings. The Morgan fingerprint density at radius 2 is 1.95 bits per heavy atom. The summed E-state index contributed by atoms with van der Waals surface area (Å²) in [5.74, 6) is -0.259. The molecular formula is C16H23ClN2O3. The number of benzene rings is 1. The van der Waals surface area contributed by atoms with E-state index in [0.29, 0.717) is 16.5 Å². The van der Waals surface area contributed by atoms with Crippen molar-refractivity contribution in [3.8, 4) is 5.75 Å². The van der Waals surface area contributed by atoms with E-state index in [1.54, 1.807) is 32.0 Å². The minimum absolute atomic E-state index is 0.0141. The van der Waals surface area contributed by atoms with Crippen LogP contribution in [0.15, 0.2) is 18.2 Å². The summed E-state index contributed by atoms with van der Waals surface area (Å²) in [6.07, 6.45) is 0.797. The zero-order chi connectivity index (χ0) is 16.9. The molecule has 0 aliphatic carbocycles. The number of ether oxygens (including phenoxy) is 1. The molecule has 122 valence electrons. The third-order valence-corrected chi connectivity index (χ3v) is 3.77. The molecule has 0 aliphatic heterocycles. The van der Waals surface area contributed by atoms with Crippen molar-refractivity contribution in [3.63, 3.8) is 0 Å². The van der Waals surface area contributed by atoms with Gasteiger partial charge in [-0.1, -0.05) is 18.5 Å². The highest BCUT2D eigenvalue weighted by molar-refractivity contribution is 6.31. The van der Waals surface area contributed by atoms with Crippen LogP contribution in [0.3, 0.4) is 0 Å². The fraction of sp³-hybridized carbons (Fsp3) is 0.500. The second-order valence-corrected chi connectivity index (χ2v) is 6.14. The fourth-order valence-corrected chi connectivity index (χ4v) is 1.84. The average molecular weight is 327 g/mol. The first-order chi connectivity index (χ1) is 10.2. The Labute approximate surface area is 136 Å². The number of anilines is 1. The second kappa shape index (κ2) is 7.49. The van der Waals surface area contributed by atoms with Crippen molar-refractivity contribution < 1.29 is 14.3 Å². The van der Waals surface area contributed by atoms with Crippen LogP contribution in [0, 0.1) is 5.41 Å². The lowest BCUT2D eigenvalue weighted by atomic mass is 9.90. The Balaban J connectivity index is 2.91. The summed E-state index contributed by atoms with van der Waals surface area (Å²) in [5, 5.41) is 6.00. The molecule has 1 aromatic rings. The molecule has 0 spiro atoms. The molecule has 1 aromatic carbocycles.